The zero-order chi connectivity index (χ0) is 21.2. The number of sulfone groups is 1. The SMILES string of the molecule is Cc1cccc(CS(=O)(=O)c2ncc(Cl)c(C(=O)Oc3ccc(C)cc3C)n2)c1. The third-order valence-corrected chi connectivity index (χ3v) is 5.91. The molecule has 0 unspecified atom stereocenters. The molecule has 0 saturated carbocycles. The Morgan fingerprint density at radius 1 is 1.07 bits per heavy atom. The maximum absolute atomic E-state index is 12.7. The fraction of sp³-hybridized carbons (Fsp3) is 0.190. The molecule has 0 spiro atoms. The van der Waals surface area contributed by atoms with Gasteiger partial charge in [0.1, 0.15) is 5.75 Å². The van der Waals surface area contributed by atoms with Crippen molar-refractivity contribution in [3.63, 3.8) is 0 Å². The first-order valence-electron chi connectivity index (χ1n) is 8.76. The summed E-state index contributed by atoms with van der Waals surface area (Å²) >= 11 is 6.03. The Morgan fingerprint density at radius 2 is 1.79 bits per heavy atom. The number of esters is 1. The van der Waals surface area contributed by atoms with E-state index in [1.54, 1.807) is 37.3 Å². The van der Waals surface area contributed by atoms with Crippen molar-refractivity contribution >= 4 is 27.4 Å². The number of ether oxygens (including phenoxy) is 1. The summed E-state index contributed by atoms with van der Waals surface area (Å²) < 4.78 is 30.8. The van der Waals surface area contributed by atoms with E-state index < -0.39 is 21.0 Å². The molecule has 2 aromatic carbocycles. The zero-order valence-electron chi connectivity index (χ0n) is 16.1. The number of benzene rings is 2. The molecule has 0 saturated heterocycles. The summed E-state index contributed by atoms with van der Waals surface area (Å²) in [5.41, 5.74) is 3.02. The fourth-order valence-electron chi connectivity index (χ4n) is 2.79. The van der Waals surface area contributed by atoms with Gasteiger partial charge in [0.2, 0.25) is 15.0 Å². The van der Waals surface area contributed by atoms with Crippen molar-refractivity contribution in [3.8, 4) is 5.75 Å². The van der Waals surface area contributed by atoms with Gasteiger partial charge in [-0.1, -0.05) is 59.1 Å². The highest BCUT2D eigenvalue weighted by Crippen LogP contribution is 2.23. The predicted octanol–water partition coefficient (Wildman–Crippen LogP) is 4.25. The van der Waals surface area contributed by atoms with Gasteiger partial charge in [0, 0.05) is 0 Å². The maximum Gasteiger partial charge on any atom is 0.364 e. The Bertz CT molecular complexity index is 1190. The van der Waals surface area contributed by atoms with Crippen LogP contribution in [0.25, 0.3) is 0 Å². The number of aryl methyl sites for hydroxylation is 3. The van der Waals surface area contributed by atoms with E-state index in [0.29, 0.717) is 11.3 Å². The molecule has 0 radical (unpaired) electrons. The van der Waals surface area contributed by atoms with Crippen molar-refractivity contribution in [1.82, 2.24) is 9.97 Å². The molecular weight excluding hydrogens is 412 g/mol. The molecule has 1 aromatic heterocycles. The topological polar surface area (TPSA) is 86.2 Å². The summed E-state index contributed by atoms with van der Waals surface area (Å²) in [5, 5.41) is -0.565. The van der Waals surface area contributed by atoms with Crippen molar-refractivity contribution in [2.45, 2.75) is 31.7 Å². The third-order valence-electron chi connectivity index (χ3n) is 4.17. The number of carbonyl (C=O) groups excluding carboxylic acids is 1. The van der Waals surface area contributed by atoms with Crippen LogP contribution in [-0.4, -0.2) is 24.4 Å². The highest BCUT2D eigenvalue weighted by Gasteiger charge is 2.24. The van der Waals surface area contributed by atoms with E-state index in [1.165, 1.54) is 0 Å². The van der Waals surface area contributed by atoms with Crippen LogP contribution in [0.2, 0.25) is 5.02 Å². The second-order valence-electron chi connectivity index (χ2n) is 6.76. The van der Waals surface area contributed by atoms with Crippen LogP contribution in [0.5, 0.6) is 5.75 Å². The summed E-state index contributed by atoms with van der Waals surface area (Å²) in [7, 11) is -3.88. The van der Waals surface area contributed by atoms with Crippen LogP contribution in [0, 0.1) is 20.8 Å². The second-order valence-corrected chi connectivity index (χ2v) is 9.05. The molecular formula is C21H19ClN2O4S. The average molecular weight is 431 g/mol. The standard InChI is InChI=1S/C21H19ClN2O4S/c1-13-5-4-6-16(10-13)12-29(26,27)21-23-11-17(22)19(24-21)20(25)28-18-8-7-14(2)9-15(18)3/h4-11H,12H2,1-3H3. The summed E-state index contributed by atoms with van der Waals surface area (Å²) in [6.07, 6.45) is 1.09. The average Bonchev–Trinajstić information content (AvgIpc) is 2.63. The molecule has 3 aromatic rings. The van der Waals surface area contributed by atoms with Crippen LogP contribution >= 0.6 is 11.6 Å². The normalized spacial score (nSPS) is 11.3. The van der Waals surface area contributed by atoms with E-state index in [4.69, 9.17) is 16.3 Å². The van der Waals surface area contributed by atoms with E-state index in [2.05, 4.69) is 9.97 Å². The summed E-state index contributed by atoms with van der Waals surface area (Å²) in [6, 6.07) is 12.4. The van der Waals surface area contributed by atoms with E-state index in [-0.39, 0.29) is 16.5 Å². The van der Waals surface area contributed by atoms with Crippen molar-refractivity contribution in [3.05, 3.63) is 81.6 Å². The minimum absolute atomic E-state index is 0.0886. The Kier molecular flexibility index (Phi) is 6.00. The first kappa shape index (κ1) is 21.0. The molecule has 1 heterocycles. The lowest BCUT2D eigenvalue weighted by Gasteiger charge is -2.10. The highest BCUT2D eigenvalue weighted by molar-refractivity contribution is 7.90. The predicted molar refractivity (Wildman–Crippen MR) is 110 cm³/mol. The molecule has 6 nitrogen and oxygen atoms in total. The number of nitrogens with zero attached hydrogens (tertiary/aromatic N) is 2. The third kappa shape index (κ3) is 4.99. The van der Waals surface area contributed by atoms with Gasteiger partial charge in [0.15, 0.2) is 5.69 Å². The van der Waals surface area contributed by atoms with E-state index in [1.807, 2.05) is 26.0 Å². The van der Waals surface area contributed by atoms with Crippen LogP contribution in [-0.2, 0) is 15.6 Å². The molecule has 0 atom stereocenters. The van der Waals surface area contributed by atoms with Crippen LogP contribution in [0.4, 0.5) is 0 Å². The molecule has 29 heavy (non-hydrogen) atoms. The Labute approximate surface area is 174 Å². The van der Waals surface area contributed by atoms with Gasteiger partial charge in [-0.25, -0.2) is 23.2 Å². The van der Waals surface area contributed by atoms with Gasteiger partial charge in [0.05, 0.1) is 17.0 Å². The van der Waals surface area contributed by atoms with Gasteiger partial charge in [-0.15, -0.1) is 0 Å². The largest absolute Gasteiger partial charge is 0.421 e. The van der Waals surface area contributed by atoms with Crippen LogP contribution < -0.4 is 4.74 Å². The Hall–Kier alpha value is -2.77. The minimum Gasteiger partial charge on any atom is -0.421 e. The summed E-state index contributed by atoms with van der Waals surface area (Å²) in [6.45, 7) is 5.59. The van der Waals surface area contributed by atoms with Gasteiger partial charge in [-0.3, -0.25) is 0 Å². The molecule has 0 aliphatic rings. The smallest absolute Gasteiger partial charge is 0.364 e. The van der Waals surface area contributed by atoms with E-state index in [9.17, 15) is 13.2 Å². The first-order valence-corrected chi connectivity index (χ1v) is 10.8. The van der Waals surface area contributed by atoms with E-state index in [0.717, 1.165) is 22.9 Å². The Morgan fingerprint density at radius 3 is 2.48 bits per heavy atom. The van der Waals surface area contributed by atoms with Crippen molar-refractivity contribution in [1.29, 1.82) is 0 Å². The van der Waals surface area contributed by atoms with Gasteiger partial charge in [0.25, 0.3) is 0 Å². The molecule has 0 amide bonds. The second kappa shape index (κ2) is 8.31. The molecule has 0 bridgehead atoms. The number of hydrogen-bond acceptors (Lipinski definition) is 6. The molecule has 0 fully saturated rings. The van der Waals surface area contributed by atoms with Crippen LogP contribution in [0.15, 0.2) is 53.8 Å². The first-order chi connectivity index (χ1) is 13.7. The minimum atomic E-state index is -3.88. The molecule has 0 aliphatic heterocycles. The monoisotopic (exact) mass is 430 g/mol. The van der Waals surface area contributed by atoms with E-state index >= 15 is 0 Å². The number of hydrogen-bond donors (Lipinski definition) is 0. The Balaban J connectivity index is 1.89. The quantitative estimate of drug-likeness (QED) is 0.341. The zero-order valence-corrected chi connectivity index (χ0v) is 17.7. The van der Waals surface area contributed by atoms with Crippen LogP contribution in [0.3, 0.4) is 0 Å². The summed E-state index contributed by atoms with van der Waals surface area (Å²) in [5.74, 6) is -0.794. The van der Waals surface area contributed by atoms with Crippen molar-refractivity contribution < 1.29 is 17.9 Å². The highest BCUT2D eigenvalue weighted by atomic mass is 35.5. The van der Waals surface area contributed by atoms with Gasteiger partial charge >= 0.3 is 5.97 Å². The maximum atomic E-state index is 12.7. The van der Waals surface area contributed by atoms with Crippen molar-refractivity contribution in [2.75, 3.05) is 0 Å². The number of carbonyl (C=O) groups is 1. The van der Waals surface area contributed by atoms with Gasteiger partial charge in [-0.2, -0.15) is 0 Å². The molecule has 150 valence electrons. The fourth-order valence-corrected chi connectivity index (χ4v) is 4.15. The lowest BCUT2D eigenvalue weighted by Crippen LogP contribution is -2.17. The van der Waals surface area contributed by atoms with Crippen LogP contribution in [0.1, 0.15) is 32.7 Å². The van der Waals surface area contributed by atoms with Crippen molar-refractivity contribution in [2.24, 2.45) is 0 Å². The molecule has 8 heteroatoms. The number of halogens is 1. The molecule has 0 N–H and O–H groups in total. The molecule has 0 aliphatic carbocycles. The van der Waals surface area contributed by atoms with Gasteiger partial charge in [-0.05, 0) is 38.0 Å². The lowest BCUT2D eigenvalue weighted by atomic mass is 10.1. The summed E-state index contributed by atoms with van der Waals surface area (Å²) in [4.78, 5) is 20.3. The number of rotatable bonds is 5. The lowest BCUT2D eigenvalue weighted by molar-refractivity contribution is 0.0726. The molecule has 3 rings (SSSR count). The number of aromatic nitrogens is 2. The van der Waals surface area contributed by atoms with Gasteiger partial charge < -0.3 is 4.74 Å².